The highest BCUT2D eigenvalue weighted by molar-refractivity contribution is 8.03. The molecule has 0 spiro atoms. The molecule has 40 heavy (non-hydrogen) atoms. The smallest absolute Gasteiger partial charge is 0.259 e. The summed E-state index contributed by atoms with van der Waals surface area (Å²) in [6, 6.07) is 14.3. The average Bonchev–Trinajstić information content (AvgIpc) is 3.54. The largest absolute Gasteiger partial charge is 0.273 e. The number of carbonyl (C=O) groups is 4. The number of hydrogen-bond acceptors (Lipinski definition) is 8. The van der Waals surface area contributed by atoms with Gasteiger partial charge in [-0.05, 0) is 11.1 Å². The number of amides is 4. The van der Waals surface area contributed by atoms with Gasteiger partial charge in [0.25, 0.3) is 18.1 Å². The lowest BCUT2D eigenvalue weighted by molar-refractivity contribution is -0.146. The predicted molar refractivity (Wildman–Crippen MR) is 156 cm³/mol. The Morgan fingerprint density at radius 3 is 1.12 bits per heavy atom. The van der Waals surface area contributed by atoms with Crippen LogP contribution in [0.25, 0.3) is 0 Å². The van der Waals surface area contributed by atoms with E-state index < -0.39 is 65.9 Å². The highest BCUT2D eigenvalue weighted by Crippen LogP contribution is 2.61. The highest BCUT2D eigenvalue weighted by atomic mass is 35.6. The molecular weight excluding hydrogens is 685 g/mol. The van der Waals surface area contributed by atoms with Crippen LogP contribution in [0.4, 0.5) is 0 Å². The van der Waals surface area contributed by atoms with E-state index in [1.807, 2.05) is 12.1 Å². The summed E-state index contributed by atoms with van der Waals surface area (Å²) in [6.45, 7) is 0. The summed E-state index contributed by atoms with van der Waals surface area (Å²) < 4.78 is -2.21. The molecule has 0 unspecified atom stereocenters. The van der Waals surface area contributed by atoms with Gasteiger partial charge in [0.1, 0.15) is 12.1 Å². The van der Waals surface area contributed by atoms with Gasteiger partial charge in [-0.2, -0.15) is 0 Å². The summed E-state index contributed by atoms with van der Waals surface area (Å²) in [5.41, 5.74) is 1.34. The lowest BCUT2D eigenvalue weighted by atomic mass is 9.84. The van der Waals surface area contributed by atoms with Crippen molar-refractivity contribution < 1.29 is 19.2 Å². The average molecular weight is 701 g/mol. The lowest BCUT2D eigenvalue weighted by Crippen LogP contribution is -2.48. The number of alkyl halides is 6. The molecule has 8 nitrogen and oxygen atoms in total. The molecule has 210 valence electrons. The van der Waals surface area contributed by atoms with E-state index in [1.165, 1.54) is 0 Å². The van der Waals surface area contributed by atoms with Gasteiger partial charge >= 0.3 is 0 Å². The quantitative estimate of drug-likeness (QED) is 0.229. The van der Waals surface area contributed by atoms with Crippen molar-refractivity contribution in [3.63, 3.8) is 0 Å². The molecule has 0 bridgehead atoms. The Labute approximate surface area is 267 Å². The maximum atomic E-state index is 13.9. The second kappa shape index (κ2) is 10.4. The van der Waals surface area contributed by atoms with Gasteiger partial charge < -0.3 is 0 Å². The molecule has 4 aliphatic heterocycles. The number of hydrogen-bond donors (Lipinski definition) is 0. The molecule has 0 aliphatic carbocycles. The van der Waals surface area contributed by atoms with Crippen molar-refractivity contribution in [3.8, 4) is 0 Å². The van der Waals surface area contributed by atoms with Crippen LogP contribution in [0.5, 0.6) is 0 Å². The normalized spacial score (nSPS) is 30.9. The van der Waals surface area contributed by atoms with E-state index in [-0.39, 0.29) is 0 Å². The second-order valence-electron chi connectivity index (χ2n) is 9.43. The topological polar surface area (TPSA) is 81.2 Å². The fourth-order valence-electron chi connectivity index (χ4n) is 6.13. The van der Waals surface area contributed by atoms with Gasteiger partial charge in [0.05, 0.1) is 23.9 Å². The van der Waals surface area contributed by atoms with Crippen molar-refractivity contribution in [3.05, 3.63) is 71.8 Å². The van der Waals surface area contributed by atoms with Crippen molar-refractivity contribution in [2.24, 2.45) is 11.8 Å². The van der Waals surface area contributed by atoms with Crippen LogP contribution >= 0.6 is 93.5 Å². The molecule has 4 heterocycles. The summed E-state index contributed by atoms with van der Waals surface area (Å²) in [6.07, 6.45) is 0. The van der Waals surface area contributed by atoms with Crippen LogP contribution in [0.2, 0.25) is 0 Å². The Morgan fingerprint density at radius 2 is 0.825 bits per heavy atom. The van der Waals surface area contributed by atoms with Crippen LogP contribution in [-0.4, -0.2) is 60.6 Å². The van der Waals surface area contributed by atoms with Crippen LogP contribution in [0.1, 0.15) is 23.2 Å². The van der Waals surface area contributed by atoms with Crippen molar-refractivity contribution in [1.29, 1.82) is 0 Å². The summed E-state index contributed by atoms with van der Waals surface area (Å²) >= 11 is 36.8. The molecule has 4 saturated heterocycles. The summed E-state index contributed by atoms with van der Waals surface area (Å²) in [5, 5.41) is 3.39. The summed E-state index contributed by atoms with van der Waals surface area (Å²) in [7, 11) is 0. The van der Waals surface area contributed by atoms with Gasteiger partial charge in [-0.3, -0.25) is 19.2 Å². The van der Waals surface area contributed by atoms with Crippen molar-refractivity contribution in [2.75, 3.05) is 0 Å². The minimum atomic E-state index is -1.98. The van der Waals surface area contributed by atoms with Crippen LogP contribution in [0.3, 0.4) is 0 Å². The number of rotatable bonds is 4. The number of hydrazine groups is 1. The Bertz CT molecular complexity index is 1290. The molecule has 4 amide bonds. The summed E-state index contributed by atoms with van der Waals surface area (Å²) in [5.74, 6) is -4.27. The van der Waals surface area contributed by atoms with E-state index in [9.17, 15) is 19.2 Å². The first kappa shape index (κ1) is 29.2. The molecule has 2 aromatic carbocycles. The molecule has 0 N–H and O–H groups in total. The molecule has 2 aromatic rings. The molecular formula is C24H16Cl6N4O4S2. The zero-order chi connectivity index (χ0) is 28.7. The van der Waals surface area contributed by atoms with Crippen LogP contribution in [-0.2, 0) is 19.2 Å². The predicted octanol–water partition coefficient (Wildman–Crippen LogP) is 5.67. The zero-order valence-electron chi connectivity index (χ0n) is 19.7. The van der Waals surface area contributed by atoms with E-state index in [0.29, 0.717) is 35.0 Å². The maximum absolute atomic E-state index is 13.9. The van der Waals surface area contributed by atoms with Crippen molar-refractivity contribution in [1.82, 2.24) is 18.6 Å². The highest BCUT2D eigenvalue weighted by Gasteiger charge is 2.74. The fraction of sp³-hybridized carbons (Fsp3) is 0.333. The third-order valence-electron chi connectivity index (χ3n) is 7.32. The van der Waals surface area contributed by atoms with Gasteiger partial charge in [-0.1, -0.05) is 130 Å². The molecule has 0 aromatic heterocycles. The fourth-order valence-corrected chi connectivity index (χ4v) is 8.61. The van der Waals surface area contributed by atoms with Crippen molar-refractivity contribution >= 4 is 117 Å². The number of fused-ring (bicyclic) bond motifs is 5. The van der Waals surface area contributed by atoms with E-state index >= 15 is 0 Å². The first-order valence-corrected chi connectivity index (χ1v) is 15.6. The third-order valence-corrected chi connectivity index (χ3v) is 10.1. The van der Waals surface area contributed by atoms with Gasteiger partial charge in [0.2, 0.25) is 11.8 Å². The van der Waals surface area contributed by atoms with Crippen molar-refractivity contribution in [2.45, 2.75) is 30.4 Å². The van der Waals surface area contributed by atoms with Crippen LogP contribution in [0.15, 0.2) is 60.7 Å². The minimum Gasteiger partial charge on any atom is -0.273 e. The van der Waals surface area contributed by atoms with Gasteiger partial charge in [0, 0.05) is 23.9 Å². The number of imide groups is 2. The van der Waals surface area contributed by atoms with E-state index in [2.05, 4.69) is 0 Å². The molecule has 16 heteroatoms. The SMILES string of the molecule is O=C1[C@@H]2[C@H](C(=O)N1SC(Cl)(Cl)Cl)N1[C@H](c3ccccc3)[C@@H]3C(=O)N(SC(Cl)(Cl)Cl)C(=O)[C@@H]3N1[C@H]2c1ccccc1. The first-order valence-electron chi connectivity index (χ1n) is 11.7. The number of nitrogens with zero attached hydrogens (tertiary/aromatic N) is 4. The van der Waals surface area contributed by atoms with Crippen LogP contribution < -0.4 is 0 Å². The second-order valence-corrected chi connectivity index (χ2v) is 17.7. The third kappa shape index (κ3) is 4.72. The van der Waals surface area contributed by atoms with E-state index in [4.69, 9.17) is 69.6 Å². The molecule has 0 saturated carbocycles. The Balaban J connectivity index is 1.53. The number of benzene rings is 2. The minimum absolute atomic E-state index is 0.491. The molecule has 6 atom stereocenters. The molecule has 6 rings (SSSR count). The monoisotopic (exact) mass is 698 g/mol. The van der Waals surface area contributed by atoms with Gasteiger partial charge in [-0.15, -0.1) is 0 Å². The Kier molecular flexibility index (Phi) is 7.56. The van der Waals surface area contributed by atoms with Gasteiger partial charge in [0.15, 0.2) is 0 Å². The van der Waals surface area contributed by atoms with E-state index in [1.54, 1.807) is 58.5 Å². The molecule has 4 fully saturated rings. The van der Waals surface area contributed by atoms with Crippen LogP contribution in [0, 0.1) is 11.8 Å². The first-order chi connectivity index (χ1) is 18.8. The standard InChI is InChI=1S/C24H16Cl6N4O4S2/c25-23(26,27)39-33-19(35)13-15(11-7-3-1-4-8-11)31-18-14(20(36)34(22(18)38)40-24(28,29)30)16(12-9-5-2-6-10-12)32(31)17(13)21(33)37/h1-10,13-18H/t13-,14-,15-,16+,17+,18+/m0/s1. The lowest BCUT2D eigenvalue weighted by Gasteiger charge is -2.35. The number of halogens is 6. The van der Waals surface area contributed by atoms with Gasteiger partial charge in [-0.25, -0.2) is 18.6 Å². The Hall–Kier alpha value is -0.920. The maximum Gasteiger partial charge on any atom is 0.259 e. The number of carbonyl (C=O) groups excluding carboxylic acids is 4. The molecule has 0 radical (unpaired) electrons. The summed E-state index contributed by atoms with van der Waals surface area (Å²) in [4.78, 5) is 55.5. The van der Waals surface area contributed by atoms with E-state index in [0.717, 1.165) is 8.61 Å². The zero-order valence-corrected chi connectivity index (χ0v) is 25.9. The molecule has 4 aliphatic rings. The Morgan fingerprint density at radius 1 is 0.500 bits per heavy atom.